The minimum Gasteiger partial charge on any atom is -0.388 e. The Morgan fingerprint density at radius 2 is 2.17 bits per heavy atom. The summed E-state index contributed by atoms with van der Waals surface area (Å²) in [5.41, 5.74) is -0.865. The van der Waals surface area contributed by atoms with Crippen molar-refractivity contribution in [2.75, 3.05) is 31.5 Å². The van der Waals surface area contributed by atoms with Gasteiger partial charge in [0.25, 0.3) is 5.91 Å². The van der Waals surface area contributed by atoms with Gasteiger partial charge in [-0.25, -0.2) is 9.97 Å². The van der Waals surface area contributed by atoms with E-state index < -0.39 is 17.3 Å². The number of halogens is 3. The van der Waals surface area contributed by atoms with Crippen molar-refractivity contribution in [3.63, 3.8) is 0 Å². The lowest BCUT2D eigenvalue weighted by Crippen LogP contribution is -2.38. The number of anilines is 1. The number of β-amino-alcohol motifs (C(OH)–C–C–N with tert-alkyl or cyclic N) is 1. The number of nitrogens with one attached hydrogen (secondary N) is 3. The second-order valence-electron chi connectivity index (χ2n) is 9.58. The van der Waals surface area contributed by atoms with E-state index in [2.05, 4.69) is 25.6 Å². The predicted molar refractivity (Wildman–Crippen MR) is 125 cm³/mol. The van der Waals surface area contributed by atoms with Crippen molar-refractivity contribution >= 4 is 22.8 Å². The number of fused-ring (bicyclic) bond motifs is 1. The molecular formula is C24H27F3N6O2. The maximum absolute atomic E-state index is 13.8. The molecule has 5 rings (SSSR count). The zero-order valence-electron chi connectivity index (χ0n) is 19.2. The van der Waals surface area contributed by atoms with E-state index in [4.69, 9.17) is 0 Å². The predicted octanol–water partition coefficient (Wildman–Crippen LogP) is 3.40. The molecule has 0 aliphatic carbocycles. The molecule has 2 saturated heterocycles. The van der Waals surface area contributed by atoms with Gasteiger partial charge in [0.2, 0.25) is 5.95 Å². The van der Waals surface area contributed by atoms with Crippen LogP contribution in [0.5, 0.6) is 0 Å². The summed E-state index contributed by atoms with van der Waals surface area (Å²) in [6, 6.07) is 4.88. The van der Waals surface area contributed by atoms with Gasteiger partial charge in [0.05, 0.1) is 11.3 Å². The molecule has 35 heavy (non-hydrogen) atoms. The van der Waals surface area contributed by atoms with E-state index >= 15 is 0 Å². The van der Waals surface area contributed by atoms with Crippen LogP contribution in [0.25, 0.3) is 22.2 Å². The van der Waals surface area contributed by atoms with Gasteiger partial charge in [-0.05, 0) is 44.9 Å². The summed E-state index contributed by atoms with van der Waals surface area (Å²) in [5, 5.41) is 17.1. The van der Waals surface area contributed by atoms with Gasteiger partial charge in [-0.15, -0.1) is 0 Å². The number of benzene rings is 1. The van der Waals surface area contributed by atoms with Crippen LogP contribution >= 0.6 is 0 Å². The smallest absolute Gasteiger partial charge is 0.388 e. The van der Waals surface area contributed by atoms with Gasteiger partial charge >= 0.3 is 6.18 Å². The first-order valence-corrected chi connectivity index (χ1v) is 11.7. The number of H-pyrrole nitrogens is 1. The molecule has 0 spiro atoms. The van der Waals surface area contributed by atoms with E-state index in [0.29, 0.717) is 36.0 Å². The molecule has 2 fully saturated rings. The van der Waals surface area contributed by atoms with Crippen LogP contribution < -0.4 is 10.6 Å². The molecule has 1 amide bonds. The summed E-state index contributed by atoms with van der Waals surface area (Å²) in [5.74, 6) is -0.0876. The molecule has 11 heteroatoms. The molecule has 2 atom stereocenters. The number of hydrogen-bond acceptors (Lipinski definition) is 6. The number of aliphatic hydroxyl groups is 1. The average Bonchev–Trinajstić information content (AvgIpc) is 3.41. The van der Waals surface area contributed by atoms with Crippen molar-refractivity contribution in [1.82, 2.24) is 25.2 Å². The highest BCUT2D eigenvalue weighted by molar-refractivity contribution is 6.02. The second kappa shape index (κ2) is 8.80. The third-order valence-corrected chi connectivity index (χ3v) is 6.65. The molecule has 8 nitrogen and oxygen atoms in total. The zero-order valence-corrected chi connectivity index (χ0v) is 19.2. The number of amides is 1. The van der Waals surface area contributed by atoms with Gasteiger partial charge in [0.15, 0.2) is 0 Å². The molecule has 0 saturated carbocycles. The van der Waals surface area contributed by atoms with Crippen molar-refractivity contribution in [3.8, 4) is 11.3 Å². The van der Waals surface area contributed by atoms with Crippen LogP contribution in [0.2, 0.25) is 0 Å². The summed E-state index contributed by atoms with van der Waals surface area (Å²) >= 11 is 0. The fourth-order valence-electron chi connectivity index (χ4n) is 4.78. The van der Waals surface area contributed by atoms with E-state index in [1.54, 1.807) is 30.0 Å². The van der Waals surface area contributed by atoms with Crippen LogP contribution in [0.1, 0.15) is 42.1 Å². The quantitative estimate of drug-likeness (QED) is 0.449. The van der Waals surface area contributed by atoms with Crippen LogP contribution in [-0.4, -0.2) is 68.7 Å². The van der Waals surface area contributed by atoms with Gasteiger partial charge in [0, 0.05) is 60.1 Å². The Morgan fingerprint density at radius 1 is 1.34 bits per heavy atom. The number of carbonyl (C=O) groups is 1. The lowest BCUT2D eigenvalue weighted by molar-refractivity contribution is -0.137. The van der Waals surface area contributed by atoms with E-state index in [-0.39, 0.29) is 35.7 Å². The normalized spacial score (nSPS) is 23.1. The topological polar surface area (TPSA) is 106 Å². The Morgan fingerprint density at radius 3 is 2.86 bits per heavy atom. The molecule has 186 valence electrons. The molecule has 2 aromatic heterocycles. The summed E-state index contributed by atoms with van der Waals surface area (Å²) in [6.07, 6.45) is -0.00595. The number of likely N-dealkylation sites (tertiary alicyclic amines) is 1. The van der Waals surface area contributed by atoms with Gasteiger partial charge in [-0.1, -0.05) is 6.07 Å². The number of piperidine rings is 1. The Kier molecular flexibility index (Phi) is 5.92. The number of aromatic nitrogens is 3. The van der Waals surface area contributed by atoms with Crippen LogP contribution in [0.15, 0.2) is 30.6 Å². The van der Waals surface area contributed by atoms with Crippen LogP contribution in [-0.2, 0) is 6.18 Å². The fraction of sp³-hybridized carbons (Fsp3) is 0.458. The van der Waals surface area contributed by atoms with Gasteiger partial charge in [-0.3, -0.25) is 4.79 Å². The van der Waals surface area contributed by atoms with E-state index in [9.17, 15) is 23.1 Å². The maximum atomic E-state index is 13.8. The van der Waals surface area contributed by atoms with Crippen molar-refractivity contribution in [3.05, 3.63) is 41.7 Å². The molecule has 3 aromatic rings. The molecule has 4 N–H and O–H groups in total. The summed E-state index contributed by atoms with van der Waals surface area (Å²) in [4.78, 5) is 25.7. The first-order valence-electron chi connectivity index (χ1n) is 11.7. The van der Waals surface area contributed by atoms with Crippen molar-refractivity contribution in [2.45, 2.75) is 44.0 Å². The lowest BCUT2D eigenvalue weighted by atomic mass is 10.0. The molecule has 0 radical (unpaired) electrons. The van der Waals surface area contributed by atoms with Crippen molar-refractivity contribution in [1.29, 1.82) is 0 Å². The molecule has 4 heterocycles. The lowest BCUT2D eigenvalue weighted by Gasteiger charge is -2.24. The third-order valence-electron chi connectivity index (χ3n) is 6.65. The van der Waals surface area contributed by atoms with Crippen molar-refractivity contribution in [2.24, 2.45) is 0 Å². The minimum atomic E-state index is -4.63. The van der Waals surface area contributed by atoms with Crippen LogP contribution in [0.4, 0.5) is 19.1 Å². The number of nitrogens with zero attached hydrogens (tertiary/aromatic N) is 3. The van der Waals surface area contributed by atoms with Crippen LogP contribution in [0.3, 0.4) is 0 Å². The second-order valence-corrected chi connectivity index (χ2v) is 9.58. The summed E-state index contributed by atoms with van der Waals surface area (Å²) < 4.78 is 41.5. The molecule has 0 unspecified atom stereocenters. The van der Waals surface area contributed by atoms with Crippen LogP contribution in [0, 0.1) is 0 Å². The number of aromatic amines is 1. The Hall–Kier alpha value is -3.18. The Balaban J connectivity index is 1.49. The molecule has 1 aromatic carbocycles. The highest BCUT2D eigenvalue weighted by atomic mass is 19.4. The SMILES string of the molecule is C[C@@]1(O)CCN(C(=O)c2ccc3c(-c4nc(N[C@H]5CCCNC5)ncc4C(F)(F)F)c[nH]c3c2)C1. The first kappa shape index (κ1) is 23.6. The van der Waals surface area contributed by atoms with E-state index in [0.717, 1.165) is 25.6 Å². The monoisotopic (exact) mass is 488 g/mol. The summed E-state index contributed by atoms with van der Waals surface area (Å²) in [6.45, 7) is 3.98. The number of hydrogen-bond donors (Lipinski definition) is 4. The molecule has 2 aliphatic rings. The third kappa shape index (κ3) is 4.83. The zero-order chi connectivity index (χ0) is 24.8. The highest BCUT2D eigenvalue weighted by Crippen LogP contribution is 2.39. The molecule has 2 aliphatic heterocycles. The number of alkyl halides is 3. The Labute approximate surface area is 199 Å². The first-order chi connectivity index (χ1) is 16.6. The van der Waals surface area contributed by atoms with Crippen molar-refractivity contribution < 1.29 is 23.1 Å². The number of carbonyl (C=O) groups excluding carboxylic acids is 1. The average molecular weight is 489 g/mol. The molecular weight excluding hydrogens is 461 g/mol. The Bertz CT molecular complexity index is 1250. The number of rotatable bonds is 4. The maximum Gasteiger partial charge on any atom is 0.419 e. The van der Waals surface area contributed by atoms with E-state index in [1.165, 1.54) is 6.20 Å². The summed E-state index contributed by atoms with van der Waals surface area (Å²) in [7, 11) is 0. The van der Waals surface area contributed by atoms with E-state index in [1.807, 2.05) is 0 Å². The minimum absolute atomic E-state index is 0.0382. The van der Waals surface area contributed by atoms with Gasteiger partial charge in [-0.2, -0.15) is 13.2 Å². The largest absolute Gasteiger partial charge is 0.419 e. The highest BCUT2D eigenvalue weighted by Gasteiger charge is 2.37. The van der Waals surface area contributed by atoms with Gasteiger partial charge in [0.1, 0.15) is 5.56 Å². The standard InChI is InChI=1S/C24H27F3N6O2/c1-23(35)6-8-33(13-23)21(34)14-4-5-16-17(11-29-19(16)9-14)20-18(24(25,26)27)12-30-22(32-20)31-15-3-2-7-28-10-15/h4-5,9,11-12,15,28-29,35H,2-3,6-8,10,13H2,1H3,(H,30,31,32)/t15-,23+/m0/s1. The van der Waals surface area contributed by atoms with Gasteiger partial charge < -0.3 is 25.6 Å². The molecule has 0 bridgehead atoms. The fourth-order valence-corrected chi connectivity index (χ4v) is 4.78.